The normalized spacial score (nSPS) is 25.1. The molecule has 172 valence electrons. The van der Waals surface area contributed by atoms with Gasteiger partial charge in [-0.25, -0.2) is 0 Å². The Kier molecular flexibility index (Phi) is 8.34. The van der Waals surface area contributed by atoms with E-state index in [9.17, 15) is 4.79 Å². The molecule has 3 saturated heterocycles. The van der Waals surface area contributed by atoms with Crippen molar-refractivity contribution in [2.75, 3.05) is 53.0 Å². The maximum absolute atomic E-state index is 13.2. The Labute approximate surface area is 187 Å². The number of likely N-dealkylation sites (tertiary alicyclic amines) is 3. The minimum absolute atomic E-state index is 0.206. The molecule has 4 rings (SSSR count). The highest BCUT2D eigenvalue weighted by Gasteiger charge is 2.34. The van der Waals surface area contributed by atoms with Crippen molar-refractivity contribution < 1.29 is 9.53 Å². The highest BCUT2D eigenvalue weighted by Crippen LogP contribution is 2.28. The Bertz CT molecular complexity index is 669. The molecule has 3 aliphatic rings. The fourth-order valence-electron chi connectivity index (χ4n) is 5.72. The summed E-state index contributed by atoms with van der Waals surface area (Å²) in [5.41, 5.74) is 1.30. The predicted molar refractivity (Wildman–Crippen MR) is 123 cm³/mol. The van der Waals surface area contributed by atoms with Gasteiger partial charge in [0.2, 0.25) is 5.91 Å². The van der Waals surface area contributed by atoms with Crippen LogP contribution >= 0.6 is 0 Å². The van der Waals surface area contributed by atoms with E-state index in [1.165, 1.54) is 18.4 Å². The van der Waals surface area contributed by atoms with E-state index in [0.717, 1.165) is 90.4 Å². The van der Waals surface area contributed by atoms with Gasteiger partial charge >= 0.3 is 0 Å². The van der Waals surface area contributed by atoms with E-state index >= 15 is 0 Å². The Balaban J connectivity index is 1.21. The number of aromatic nitrogens is 1. The first-order chi connectivity index (χ1) is 15.2. The molecule has 6 nitrogen and oxygen atoms in total. The Morgan fingerprint density at radius 3 is 2.61 bits per heavy atom. The van der Waals surface area contributed by atoms with Crippen LogP contribution < -0.4 is 0 Å². The first-order valence-electron chi connectivity index (χ1n) is 12.4. The van der Waals surface area contributed by atoms with E-state index in [1.807, 2.05) is 18.5 Å². The molecule has 4 heterocycles. The summed E-state index contributed by atoms with van der Waals surface area (Å²) in [6.07, 6.45) is 11.9. The monoisotopic (exact) mass is 428 g/mol. The number of nitrogens with zero attached hydrogens (tertiary/aromatic N) is 4. The molecule has 1 amide bonds. The molecule has 0 aromatic carbocycles. The number of carbonyl (C=O) groups excluding carboxylic acids is 1. The zero-order chi connectivity index (χ0) is 21.5. The maximum Gasteiger partial charge on any atom is 0.226 e. The molecule has 3 fully saturated rings. The molecular weight excluding hydrogens is 388 g/mol. The number of hydrogen-bond donors (Lipinski definition) is 0. The van der Waals surface area contributed by atoms with Crippen LogP contribution in [-0.2, 0) is 16.1 Å². The van der Waals surface area contributed by atoms with Crippen molar-refractivity contribution in [2.24, 2.45) is 11.8 Å². The number of hydrogen-bond acceptors (Lipinski definition) is 5. The van der Waals surface area contributed by atoms with Crippen LogP contribution in [0, 0.1) is 11.8 Å². The van der Waals surface area contributed by atoms with Crippen LogP contribution in [-0.4, -0.2) is 84.6 Å². The molecule has 0 bridgehead atoms. The van der Waals surface area contributed by atoms with Gasteiger partial charge in [-0.15, -0.1) is 0 Å². The number of rotatable bonds is 7. The topological polar surface area (TPSA) is 48.9 Å². The second-order valence-electron chi connectivity index (χ2n) is 9.75. The van der Waals surface area contributed by atoms with Crippen molar-refractivity contribution in [1.82, 2.24) is 19.7 Å². The largest absolute Gasteiger partial charge is 0.385 e. The number of amides is 1. The predicted octanol–water partition coefficient (Wildman–Crippen LogP) is 3.03. The third-order valence-electron chi connectivity index (χ3n) is 7.66. The molecule has 0 radical (unpaired) electrons. The summed E-state index contributed by atoms with van der Waals surface area (Å²) in [4.78, 5) is 24.8. The number of methoxy groups -OCH3 is 1. The minimum atomic E-state index is 0.206. The van der Waals surface area contributed by atoms with Crippen LogP contribution in [0.3, 0.4) is 0 Å². The minimum Gasteiger partial charge on any atom is -0.385 e. The molecule has 6 heteroatoms. The van der Waals surface area contributed by atoms with Crippen LogP contribution in [0.5, 0.6) is 0 Å². The number of ether oxygens (including phenoxy) is 1. The van der Waals surface area contributed by atoms with E-state index in [0.29, 0.717) is 11.9 Å². The van der Waals surface area contributed by atoms with Gasteiger partial charge in [0.1, 0.15) is 0 Å². The van der Waals surface area contributed by atoms with Gasteiger partial charge in [-0.1, -0.05) is 6.07 Å². The van der Waals surface area contributed by atoms with Gasteiger partial charge in [0.25, 0.3) is 0 Å². The van der Waals surface area contributed by atoms with Crippen LogP contribution in [0.25, 0.3) is 0 Å². The molecule has 0 spiro atoms. The molecule has 1 aromatic heterocycles. The second-order valence-corrected chi connectivity index (χ2v) is 9.75. The lowest BCUT2D eigenvalue weighted by atomic mass is 9.90. The first kappa shape index (κ1) is 22.7. The van der Waals surface area contributed by atoms with E-state index in [-0.39, 0.29) is 5.92 Å². The van der Waals surface area contributed by atoms with E-state index in [1.54, 1.807) is 7.11 Å². The summed E-state index contributed by atoms with van der Waals surface area (Å²) in [5, 5.41) is 0. The standard InChI is InChI=1S/C25H40N4O2/c1-31-17-10-21-6-15-28(16-7-21)25(30)23-5-3-12-29(20-23)24-8-13-27(14-9-24)19-22-4-2-11-26-18-22/h2,4,11,18,21,23-24H,3,5-10,12-17,19-20H2,1H3/t23-/m0/s1. The third-order valence-corrected chi connectivity index (χ3v) is 7.66. The number of piperidine rings is 3. The van der Waals surface area contributed by atoms with Crippen molar-refractivity contribution in [3.63, 3.8) is 0 Å². The lowest BCUT2D eigenvalue weighted by molar-refractivity contribution is -0.139. The molecule has 0 unspecified atom stereocenters. The fourth-order valence-corrected chi connectivity index (χ4v) is 5.72. The molecule has 0 saturated carbocycles. The summed E-state index contributed by atoms with van der Waals surface area (Å²) in [6, 6.07) is 4.83. The summed E-state index contributed by atoms with van der Waals surface area (Å²) in [5.74, 6) is 1.35. The molecule has 1 aromatic rings. The van der Waals surface area contributed by atoms with Gasteiger partial charge in [0.05, 0.1) is 5.92 Å². The SMILES string of the molecule is COCCC1CCN(C(=O)[C@H]2CCCN(C3CCN(Cc4cccnc4)CC3)C2)CC1. The van der Waals surface area contributed by atoms with Crippen LogP contribution in [0.4, 0.5) is 0 Å². The smallest absolute Gasteiger partial charge is 0.226 e. The van der Waals surface area contributed by atoms with Gasteiger partial charge in [-0.2, -0.15) is 0 Å². The quantitative estimate of drug-likeness (QED) is 0.668. The van der Waals surface area contributed by atoms with Crippen molar-refractivity contribution in [2.45, 2.75) is 57.5 Å². The van der Waals surface area contributed by atoms with Crippen molar-refractivity contribution >= 4 is 5.91 Å². The van der Waals surface area contributed by atoms with Crippen LogP contribution in [0.15, 0.2) is 24.5 Å². The molecule has 0 aliphatic carbocycles. The third kappa shape index (κ3) is 6.27. The maximum atomic E-state index is 13.2. The van der Waals surface area contributed by atoms with Crippen LogP contribution in [0.2, 0.25) is 0 Å². The van der Waals surface area contributed by atoms with Gasteiger partial charge in [-0.05, 0) is 82.1 Å². The summed E-state index contributed by atoms with van der Waals surface area (Å²) >= 11 is 0. The highest BCUT2D eigenvalue weighted by atomic mass is 16.5. The lowest BCUT2D eigenvalue weighted by Crippen LogP contribution is -2.52. The Morgan fingerprint density at radius 2 is 1.90 bits per heavy atom. The zero-order valence-corrected chi connectivity index (χ0v) is 19.3. The van der Waals surface area contributed by atoms with Crippen molar-refractivity contribution in [1.29, 1.82) is 0 Å². The van der Waals surface area contributed by atoms with Crippen molar-refractivity contribution in [3.05, 3.63) is 30.1 Å². The average Bonchev–Trinajstić information content (AvgIpc) is 2.84. The fraction of sp³-hybridized carbons (Fsp3) is 0.760. The molecule has 31 heavy (non-hydrogen) atoms. The van der Waals surface area contributed by atoms with Gasteiger partial charge in [-0.3, -0.25) is 19.6 Å². The van der Waals surface area contributed by atoms with Crippen LogP contribution in [0.1, 0.15) is 50.5 Å². The average molecular weight is 429 g/mol. The van der Waals surface area contributed by atoms with Crippen molar-refractivity contribution in [3.8, 4) is 0 Å². The van der Waals surface area contributed by atoms with E-state index < -0.39 is 0 Å². The number of pyridine rings is 1. The van der Waals surface area contributed by atoms with Gasteiger partial charge in [0.15, 0.2) is 0 Å². The van der Waals surface area contributed by atoms with Gasteiger partial charge in [0, 0.05) is 58.3 Å². The Morgan fingerprint density at radius 1 is 1.10 bits per heavy atom. The molecule has 3 aliphatic heterocycles. The van der Waals surface area contributed by atoms with E-state index in [2.05, 4.69) is 25.8 Å². The van der Waals surface area contributed by atoms with E-state index in [4.69, 9.17) is 4.74 Å². The lowest BCUT2D eigenvalue weighted by Gasteiger charge is -2.43. The van der Waals surface area contributed by atoms with Gasteiger partial charge < -0.3 is 9.64 Å². The Hall–Kier alpha value is -1.50. The summed E-state index contributed by atoms with van der Waals surface area (Å²) in [6.45, 7) is 8.14. The first-order valence-corrected chi connectivity index (χ1v) is 12.4. The second kappa shape index (κ2) is 11.4. The summed E-state index contributed by atoms with van der Waals surface area (Å²) in [7, 11) is 1.78. The molecular formula is C25H40N4O2. The zero-order valence-electron chi connectivity index (χ0n) is 19.3. The highest BCUT2D eigenvalue weighted by molar-refractivity contribution is 5.79. The molecule has 0 N–H and O–H groups in total. The molecule has 1 atom stereocenters. The number of carbonyl (C=O) groups is 1. The summed E-state index contributed by atoms with van der Waals surface area (Å²) < 4.78 is 5.23.